The molecule has 2 aromatic heterocycles. The van der Waals surface area contributed by atoms with E-state index in [9.17, 15) is 4.79 Å². The fourth-order valence-corrected chi connectivity index (χ4v) is 3.69. The Morgan fingerprint density at radius 1 is 1.21 bits per heavy atom. The normalized spacial score (nSPS) is 13.5. The summed E-state index contributed by atoms with van der Waals surface area (Å²) in [6.45, 7) is 0. The second-order valence-electron chi connectivity index (χ2n) is 5.72. The highest BCUT2D eigenvalue weighted by atomic mass is 32.1. The number of aryl methyl sites for hydroxylation is 2. The fraction of sp³-hybridized carbons (Fsp3) is 0.294. The number of ether oxygens (including phenoxy) is 1. The van der Waals surface area contributed by atoms with Crippen molar-refractivity contribution in [3.63, 3.8) is 0 Å². The molecule has 1 aliphatic rings. The van der Waals surface area contributed by atoms with Crippen molar-refractivity contribution in [2.45, 2.75) is 25.7 Å². The number of hydrogen-bond donors (Lipinski definition) is 1. The number of hydrogen-bond acceptors (Lipinski definition) is 6. The van der Waals surface area contributed by atoms with E-state index < -0.39 is 0 Å². The maximum atomic E-state index is 12.4. The first-order chi connectivity index (χ1) is 11.7. The Bertz CT molecular complexity index is 922. The summed E-state index contributed by atoms with van der Waals surface area (Å²) in [5.74, 6) is 0.466. The van der Waals surface area contributed by atoms with Crippen LogP contribution in [0.2, 0.25) is 0 Å². The van der Waals surface area contributed by atoms with Crippen molar-refractivity contribution in [3.8, 4) is 5.75 Å². The second-order valence-corrected chi connectivity index (χ2v) is 6.75. The topological polar surface area (TPSA) is 77.0 Å². The molecule has 6 nitrogen and oxygen atoms in total. The summed E-state index contributed by atoms with van der Waals surface area (Å²) in [7, 11) is 1.62. The van der Waals surface area contributed by atoms with Crippen LogP contribution in [0.4, 0.5) is 5.13 Å². The SMILES string of the molecule is COc1ccc2sc(NC(=O)c3cc4c(nn3)CCCC4)nc2c1. The number of rotatable bonds is 3. The molecule has 0 bridgehead atoms. The molecule has 0 aliphatic heterocycles. The van der Waals surface area contributed by atoms with E-state index >= 15 is 0 Å². The average molecular weight is 340 g/mol. The van der Waals surface area contributed by atoms with E-state index in [0.29, 0.717) is 10.8 Å². The lowest BCUT2D eigenvalue weighted by Gasteiger charge is -2.13. The number of benzene rings is 1. The number of methoxy groups -OCH3 is 1. The highest BCUT2D eigenvalue weighted by Gasteiger charge is 2.17. The van der Waals surface area contributed by atoms with Gasteiger partial charge < -0.3 is 4.74 Å². The van der Waals surface area contributed by atoms with Crippen LogP contribution in [0.5, 0.6) is 5.75 Å². The minimum atomic E-state index is -0.276. The Labute approximate surface area is 142 Å². The predicted molar refractivity (Wildman–Crippen MR) is 92.8 cm³/mol. The van der Waals surface area contributed by atoms with Crippen molar-refractivity contribution >= 4 is 32.6 Å². The molecular formula is C17H16N4O2S. The zero-order valence-corrected chi connectivity index (χ0v) is 14.0. The minimum Gasteiger partial charge on any atom is -0.497 e. The van der Waals surface area contributed by atoms with Crippen LogP contribution in [0.3, 0.4) is 0 Å². The molecule has 0 atom stereocenters. The third kappa shape index (κ3) is 2.82. The van der Waals surface area contributed by atoms with Gasteiger partial charge in [0, 0.05) is 6.07 Å². The number of carbonyl (C=O) groups excluding carboxylic acids is 1. The lowest BCUT2D eigenvalue weighted by molar-refractivity contribution is 0.102. The molecule has 7 heteroatoms. The van der Waals surface area contributed by atoms with Crippen molar-refractivity contribution in [1.29, 1.82) is 0 Å². The van der Waals surface area contributed by atoms with Gasteiger partial charge in [0.2, 0.25) is 0 Å². The zero-order valence-electron chi connectivity index (χ0n) is 13.2. The monoisotopic (exact) mass is 340 g/mol. The standard InChI is InChI=1S/C17H16N4O2S/c1-23-11-6-7-15-13(9-11)18-17(24-15)19-16(22)14-8-10-4-2-3-5-12(10)20-21-14/h6-9H,2-5H2,1H3,(H,18,19,22). The van der Waals surface area contributed by atoms with Gasteiger partial charge >= 0.3 is 0 Å². The number of anilines is 1. The molecule has 0 saturated carbocycles. The molecule has 0 fully saturated rings. The van der Waals surface area contributed by atoms with E-state index in [1.807, 2.05) is 24.3 Å². The lowest BCUT2D eigenvalue weighted by atomic mass is 9.96. The summed E-state index contributed by atoms with van der Waals surface area (Å²) < 4.78 is 6.18. The molecule has 1 aromatic carbocycles. The summed E-state index contributed by atoms with van der Waals surface area (Å²) in [5, 5.41) is 11.6. The third-order valence-corrected chi connectivity index (χ3v) is 5.07. The van der Waals surface area contributed by atoms with Crippen molar-refractivity contribution < 1.29 is 9.53 Å². The smallest absolute Gasteiger partial charge is 0.277 e. The van der Waals surface area contributed by atoms with Gasteiger partial charge in [-0.15, -0.1) is 5.10 Å². The van der Waals surface area contributed by atoms with Gasteiger partial charge in [-0.2, -0.15) is 5.10 Å². The third-order valence-electron chi connectivity index (χ3n) is 4.12. The van der Waals surface area contributed by atoms with Crippen LogP contribution in [-0.2, 0) is 12.8 Å². The summed E-state index contributed by atoms with van der Waals surface area (Å²) in [5.41, 5.74) is 3.29. The zero-order chi connectivity index (χ0) is 16.5. The molecule has 0 unspecified atom stereocenters. The number of amides is 1. The van der Waals surface area contributed by atoms with Crippen LogP contribution < -0.4 is 10.1 Å². The molecule has 122 valence electrons. The molecule has 24 heavy (non-hydrogen) atoms. The van der Waals surface area contributed by atoms with Gasteiger partial charge in [-0.05, 0) is 49.4 Å². The number of carbonyl (C=O) groups is 1. The summed E-state index contributed by atoms with van der Waals surface area (Å²) in [4.78, 5) is 16.9. The molecule has 1 aliphatic carbocycles. The van der Waals surface area contributed by atoms with Crippen molar-refractivity contribution in [1.82, 2.24) is 15.2 Å². The minimum absolute atomic E-state index is 0.276. The van der Waals surface area contributed by atoms with Gasteiger partial charge in [0.15, 0.2) is 10.8 Å². The molecule has 2 heterocycles. The largest absolute Gasteiger partial charge is 0.497 e. The molecule has 0 saturated heterocycles. The summed E-state index contributed by atoms with van der Waals surface area (Å²) in [6, 6.07) is 7.51. The maximum absolute atomic E-state index is 12.4. The number of fused-ring (bicyclic) bond motifs is 2. The number of aromatic nitrogens is 3. The fourth-order valence-electron chi connectivity index (χ4n) is 2.85. The molecule has 0 radical (unpaired) electrons. The average Bonchev–Trinajstić information content (AvgIpc) is 3.02. The van der Waals surface area contributed by atoms with Crippen molar-refractivity contribution in [3.05, 3.63) is 41.2 Å². The van der Waals surface area contributed by atoms with Crippen molar-refractivity contribution in [2.75, 3.05) is 12.4 Å². The predicted octanol–water partition coefficient (Wildman–Crippen LogP) is 3.23. The van der Waals surface area contributed by atoms with E-state index in [1.165, 1.54) is 11.3 Å². The van der Waals surface area contributed by atoms with Gasteiger partial charge in [-0.3, -0.25) is 10.1 Å². The van der Waals surface area contributed by atoms with Crippen LogP contribution in [0.1, 0.15) is 34.6 Å². The number of nitrogens with one attached hydrogen (secondary N) is 1. The number of thiazole rings is 1. The Morgan fingerprint density at radius 2 is 2.08 bits per heavy atom. The van der Waals surface area contributed by atoms with Gasteiger partial charge in [0.1, 0.15) is 5.75 Å². The maximum Gasteiger partial charge on any atom is 0.277 e. The Hall–Kier alpha value is -2.54. The summed E-state index contributed by atoms with van der Waals surface area (Å²) >= 11 is 1.42. The molecule has 3 aromatic rings. The van der Waals surface area contributed by atoms with E-state index in [0.717, 1.165) is 52.9 Å². The van der Waals surface area contributed by atoms with E-state index in [-0.39, 0.29) is 5.91 Å². The Kier molecular flexibility index (Phi) is 3.86. The molecule has 4 rings (SSSR count). The van der Waals surface area contributed by atoms with Crippen molar-refractivity contribution in [2.24, 2.45) is 0 Å². The van der Waals surface area contributed by atoms with Crippen LogP contribution in [0, 0.1) is 0 Å². The molecular weight excluding hydrogens is 324 g/mol. The first kappa shape index (κ1) is 15.0. The van der Waals surface area contributed by atoms with Gasteiger partial charge in [0.25, 0.3) is 5.91 Å². The molecule has 1 amide bonds. The second kappa shape index (κ2) is 6.16. The van der Waals surface area contributed by atoms with Gasteiger partial charge in [0.05, 0.1) is 23.0 Å². The van der Waals surface area contributed by atoms with E-state index in [1.54, 1.807) is 7.11 Å². The highest BCUT2D eigenvalue weighted by molar-refractivity contribution is 7.22. The first-order valence-corrected chi connectivity index (χ1v) is 8.66. The van der Waals surface area contributed by atoms with Crippen LogP contribution >= 0.6 is 11.3 Å². The Morgan fingerprint density at radius 3 is 2.96 bits per heavy atom. The van der Waals surface area contributed by atoms with Gasteiger partial charge in [-0.25, -0.2) is 4.98 Å². The van der Waals surface area contributed by atoms with E-state index in [4.69, 9.17) is 4.74 Å². The van der Waals surface area contributed by atoms with Crippen LogP contribution in [-0.4, -0.2) is 28.2 Å². The Balaban J connectivity index is 1.57. The van der Waals surface area contributed by atoms with E-state index in [2.05, 4.69) is 20.5 Å². The molecule has 0 spiro atoms. The number of nitrogens with zero attached hydrogens (tertiary/aromatic N) is 3. The highest BCUT2D eigenvalue weighted by Crippen LogP contribution is 2.29. The quantitative estimate of drug-likeness (QED) is 0.792. The first-order valence-electron chi connectivity index (χ1n) is 7.84. The lowest BCUT2D eigenvalue weighted by Crippen LogP contribution is -2.17. The van der Waals surface area contributed by atoms with Gasteiger partial charge in [-0.1, -0.05) is 11.3 Å². The summed E-state index contributed by atoms with van der Waals surface area (Å²) in [6.07, 6.45) is 4.19. The molecule has 1 N–H and O–H groups in total. The van der Waals surface area contributed by atoms with Crippen LogP contribution in [0.25, 0.3) is 10.2 Å². The van der Waals surface area contributed by atoms with Crippen LogP contribution in [0.15, 0.2) is 24.3 Å².